The molecule has 3 rings (SSSR count). The summed E-state index contributed by atoms with van der Waals surface area (Å²) < 4.78 is 36.5. The Morgan fingerprint density at radius 1 is 1.03 bits per heavy atom. The summed E-state index contributed by atoms with van der Waals surface area (Å²) in [6.07, 6.45) is 2.61. The first kappa shape index (κ1) is 27.3. The van der Waals surface area contributed by atoms with Gasteiger partial charge in [-0.25, -0.2) is 0 Å². The van der Waals surface area contributed by atoms with Crippen LogP contribution in [0.4, 0.5) is 0 Å². The summed E-state index contributed by atoms with van der Waals surface area (Å²) >= 11 is 8.08. The summed E-state index contributed by atoms with van der Waals surface area (Å²) in [5, 5.41) is 10.7. The number of benzene rings is 3. The maximum atomic E-state index is 10.9. The molecule has 3 aromatic rings. The van der Waals surface area contributed by atoms with Crippen molar-refractivity contribution in [3.63, 3.8) is 0 Å². The Labute approximate surface area is 215 Å². The highest BCUT2D eigenvalue weighted by atomic mass is 35.5. The third kappa shape index (κ3) is 9.33. The number of nitrogens with two attached hydrogens (primary N) is 1. The van der Waals surface area contributed by atoms with Crippen molar-refractivity contribution in [2.45, 2.75) is 41.2 Å². The van der Waals surface area contributed by atoms with E-state index in [9.17, 15) is 13.5 Å². The number of aryl methyl sites for hydroxylation is 1. The van der Waals surface area contributed by atoms with E-state index in [0.29, 0.717) is 36.3 Å². The fraction of sp³-hybridized carbons (Fsp3) is 0.231. The van der Waals surface area contributed by atoms with E-state index in [0.717, 1.165) is 32.7 Å². The van der Waals surface area contributed by atoms with Gasteiger partial charge in [-0.05, 0) is 72.9 Å². The van der Waals surface area contributed by atoms with E-state index < -0.39 is 22.3 Å². The van der Waals surface area contributed by atoms with Crippen molar-refractivity contribution in [3.05, 3.63) is 100 Å². The van der Waals surface area contributed by atoms with Crippen LogP contribution in [0, 0.1) is 0 Å². The lowest BCUT2D eigenvalue weighted by Gasteiger charge is -2.23. The first-order valence-electron chi connectivity index (χ1n) is 11.0. The number of aliphatic hydroxyl groups excluding tert-OH is 1. The second-order valence-electron chi connectivity index (χ2n) is 8.16. The fourth-order valence-electron chi connectivity index (χ4n) is 3.32. The van der Waals surface area contributed by atoms with Crippen LogP contribution < -0.4 is 10.5 Å². The molecule has 9 heteroatoms. The smallest absolute Gasteiger partial charge is 0.287 e. The minimum absolute atomic E-state index is 0.320. The first-order chi connectivity index (χ1) is 16.7. The zero-order valence-corrected chi connectivity index (χ0v) is 21.4. The third-order valence-corrected chi connectivity index (χ3v) is 7.12. The molecule has 0 aliphatic carbocycles. The van der Waals surface area contributed by atoms with Gasteiger partial charge in [-0.3, -0.25) is 4.55 Å². The molecule has 0 fully saturated rings. The minimum Gasteiger partial charge on any atom is -0.489 e. The quantitative estimate of drug-likeness (QED) is 0.264. The monoisotopic (exact) mass is 533 g/mol. The van der Waals surface area contributed by atoms with Gasteiger partial charge in [0.15, 0.2) is 0 Å². The molecule has 0 saturated heterocycles. The van der Waals surface area contributed by atoms with Crippen LogP contribution in [0.1, 0.15) is 24.0 Å². The molecule has 6 nitrogen and oxygen atoms in total. The van der Waals surface area contributed by atoms with Crippen molar-refractivity contribution in [1.29, 1.82) is 0 Å². The molecule has 0 amide bonds. The van der Waals surface area contributed by atoms with E-state index in [1.54, 1.807) is 11.8 Å². The Morgan fingerprint density at radius 3 is 2.34 bits per heavy atom. The Hall–Kier alpha value is -2.33. The number of hydrogen-bond donors (Lipinski definition) is 3. The van der Waals surface area contributed by atoms with Crippen LogP contribution in [0.25, 0.3) is 0 Å². The van der Waals surface area contributed by atoms with Crippen molar-refractivity contribution in [3.8, 4) is 5.75 Å². The van der Waals surface area contributed by atoms with Crippen LogP contribution in [0.5, 0.6) is 5.75 Å². The van der Waals surface area contributed by atoms with Crippen LogP contribution >= 0.6 is 23.4 Å². The summed E-state index contributed by atoms with van der Waals surface area (Å²) in [5.74, 6) is 0.803. The molecule has 1 unspecified atom stereocenters. The highest BCUT2D eigenvalue weighted by Gasteiger charge is 2.21. The largest absolute Gasteiger partial charge is 0.489 e. The third-order valence-electron chi connectivity index (χ3n) is 5.29. The molecular formula is C26H28ClNO5S2. The van der Waals surface area contributed by atoms with Gasteiger partial charge in [0, 0.05) is 14.8 Å². The molecule has 35 heavy (non-hydrogen) atoms. The fourth-order valence-corrected chi connectivity index (χ4v) is 4.96. The minimum atomic E-state index is -4.30. The number of halogens is 1. The van der Waals surface area contributed by atoms with Gasteiger partial charge in [0.05, 0.1) is 17.6 Å². The zero-order valence-electron chi connectivity index (χ0n) is 19.0. The maximum absolute atomic E-state index is 10.9. The van der Waals surface area contributed by atoms with Crippen LogP contribution in [-0.2, 0) is 23.1 Å². The predicted molar refractivity (Wildman–Crippen MR) is 140 cm³/mol. The SMILES string of the molecule is NC(C=CS(=O)(=O)O)(CO)CCCc1ccc(Sc2ccc(OCc3ccccc3)cc2)cc1Cl. The topological polar surface area (TPSA) is 110 Å². The molecule has 0 aliphatic rings. The number of aliphatic hydroxyl groups is 1. The van der Waals surface area contributed by atoms with Crippen LogP contribution in [0.15, 0.2) is 94.1 Å². The standard InChI is InChI=1S/C26H28ClNO5S2/c27-25-17-24(11-8-21(25)7-4-14-26(28,19-29)15-16-35(30,31)32)34-23-12-9-22(10-13-23)33-18-20-5-2-1-3-6-20/h1-3,5-6,8-13,15-17,29H,4,7,14,18-19,28H2,(H,30,31,32). The maximum Gasteiger partial charge on any atom is 0.287 e. The lowest BCUT2D eigenvalue weighted by atomic mass is 9.93. The Kier molecular flexibility index (Phi) is 9.80. The molecular weight excluding hydrogens is 506 g/mol. The summed E-state index contributed by atoms with van der Waals surface area (Å²) in [7, 11) is -4.30. The highest BCUT2D eigenvalue weighted by Crippen LogP contribution is 2.32. The van der Waals surface area contributed by atoms with E-state index in [1.807, 2.05) is 72.8 Å². The van der Waals surface area contributed by atoms with Crippen LogP contribution in [0.3, 0.4) is 0 Å². The average molecular weight is 534 g/mol. The van der Waals surface area contributed by atoms with Gasteiger partial charge in [0.2, 0.25) is 0 Å². The lowest BCUT2D eigenvalue weighted by molar-refractivity contribution is 0.217. The molecule has 186 valence electrons. The molecule has 0 heterocycles. The molecule has 0 radical (unpaired) electrons. The highest BCUT2D eigenvalue weighted by molar-refractivity contribution is 7.99. The molecule has 0 aromatic heterocycles. The van der Waals surface area contributed by atoms with Gasteiger partial charge in [-0.2, -0.15) is 8.42 Å². The lowest BCUT2D eigenvalue weighted by Crippen LogP contribution is -2.41. The normalized spacial score (nSPS) is 13.6. The number of hydrogen-bond acceptors (Lipinski definition) is 6. The van der Waals surface area contributed by atoms with Crippen molar-refractivity contribution in [1.82, 2.24) is 0 Å². The number of ether oxygens (including phenoxy) is 1. The van der Waals surface area contributed by atoms with Gasteiger partial charge in [-0.1, -0.05) is 59.8 Å². The Morgan fingerprint density at radius 2 is 1.71 bits per heavy atom. The Bertz CT molecular complexity index is 1230. The Balaban J connectivity index is 1.52. The van der Waals surface area contributed by atoms with Gasteiger partial charge < -0.3 is 15.6 Å². The van der Waals surface area contributed by atoms with Gasteiger partial charge >= 0.3 is 0 Å². The first-order valence-corrected chi connectivity index (χ1v) is 13.7. The van der Waals surface area contributed by atoms with E-state index >= 15 is 0 Å². The molecule has 0 saturated carbocycles. The summed E-state index contributed by atoms with van der Waals surface area (Å²) in [6, 6.07) is 23.7. The van der Waals surface area contributed by atoms with Gasteiger partial charge in [0.25, 0.3) is 10.1 Å². The molecule has 3 aromatic carbocycles. The van der Waals surface area contributed by atoms with Crippen molar-refractivity contribution < 1.29 is 22.8 Å². The van der Waals surface area contributed by atoms with Crippen LogP contribution in [-0.4, -0.2) is 30.2 Å². The van der Waals surface area contributed by atoms with E-state index in [4.69, 9.17) is 26.6 Å². The molecule has 1 atom stereocenters. The predicted octanol–water partition coefficient (Wildman–Crippen LogP) is 5.48. The van der Waals surface area contributed by atoms with Crippen molar-refractivity contribution in [2.75, 3.05) is 6.61 Å². The summed E-state index contributed by atoms with van der Waals surface area (Å²) in [5.41, 5.74) is 6.82. The van der Waals surface area contributed by atoms with Crippen molar-refractivity contribution in [2.24, 2.45) is 5.73 Å². The molecule has 0 aliphatic heterocycles. The van der Waals surface area contributed by atoms with Gasteiger partial charge in [0.1, 0.15) is 12.4 Å². The average Bonchev–Trinajstić information content (AvgIpc) is 2.84. The second-order valence-corrected chi connectivity index (χ2v) is 11.0. The van der Waals surface area contributed by atoms with E-state index in [2.05, 4.69) is 0 Å². The van der Waals surface area contributed by atoms with Crippen LogP contribution in [0.2, 0.25) is 5.02 Å². The molecule has 4 N–H and O–H groups in total. The van der Waals surface area contributed by atoms with E-state index in [-0.39, 0.29) is 0 Å². The van der Waals surface area contributed by atoms with E-state index in [1.165, 1.54) is 0 Å². The molecule has 0 spiro atoms. The number of rotatable bonds is 12. The van der Waals surface area contributed by atoms with Gasteiger partial charge in [-0.15, -0.1) is 0 Å². The summed E-state index contributed by atoms with van der Waals surface area (Å²) in [6.45, 7) is 0.0726. The zero-order chi connectivity index (χ0) is 25.3. The van der Waals surface area contributed by atoms with Crippen molar-refractivity contribution >= 4 is 33.5 Å². The molecule has 0 bridgehead atoms. The summed E-state index contributed by atoms with van der Waals surface area (Å²) in [4.78, 5) is 2.05. The second kappa shape index (κ2) is 12.6.